The highest BCUT2D eigenvalue weighted by Crippen LogP contribution is 2.15. The summed E-state index contributed by atoms with van der Waals surface area (Å²) in [6, 6.07) is 19.1. The van der Waals surface area contributed by atoms with Gasteiger partial charge in [0.05, 0.1) is 6.61 Å². The first-order valence-electron chi connectivity index (χ1n) is 6.95. The van der Waals surface area contributed by atoms with Gasteiger partial charge in [-0.05, 0) is 36.0 Å². The zero-order valence-corrected chi connectivity index (χ0v) is 13.8. The smallest absolute Gasteiger partial charge is 0.218 e. The Labute approximate surface area is 123 Å². The summed E-state index contributed by atoms with van der Waals surface area (Å²) < 4.78 is 6.23. The molecular weight excluding hydrogens is 262 g/mol. The van der Waals surface area contributed by atoms with Gasteiger partial charge in [-0.3, -0.25) is 0 Å². The van der Waals surface area contributed by atoms with Crippen LogP contribution in [0.5, 0.6) is 0 Å². The van der Waals surface area contributed by atoms with Crippen molar-refractivity contribution in [3.8, 4) is 0 Å². The van der Waals surface area contributed by atoms with Gasteiger partial charge in [0, 0.05) is 19.8 Å². The molecule has 0 N–H and O–H groups in total. The quantitative estimate of drug-likeness (QED) is 0.781. The van der Waals surface area contributed by atoms with Crippen molar-refractivity contribution < 1.29 is 4.43 Å². The van der Waals surface area contributed by atoms with Gasteiger partial charge in [0.1, 0.15) is 0 Å². The second-order valence-corrected chi connectivity index (χ2v) is 9.61. The van der Waals surface area contributed by atoms with Crippen LogP contribution in [-0.4, -0.2) is 22.4 Å². The molecule has 2 nitrogen and oxygen atoms in total. The number of hydrogen-bond donors (Lipinski definition) is 0. The highest BCUT2D eigenvalue weighted by Gasteiger charge is 2.24. The van der Waals surface area contributed by atoms with E-state index in [1.807, 2.05) is 6.07 Å². The lowest BCUT2D eigenvalue weighted by Crippen LogP contribution is -2.44. The second kappa shape index (κ2) is 6.24. The molecular formula is C17H23NOSi. The van der Waals surface area contributed by atoms with E-state index >= 15 is 0 Å². The van der Waals surface area contributed by atoms with Crippen molar-refractivity contribution >= 4 is 19.2 Å². The van der Waals surface area contributed by atoms with Crippen molar-refractivity contribution in [1.29, 1.82) is 0 Å². The molecule has 0 heterocycles. The fraction of sp³-hybridized carbons (Fsp3) is 0.294. The molecule has 106 valence electrons. The molecule has 2 rings (SSSR count). The first-order valence-corrected chi connectivity index (χ1v) is 9.85. The SMILES string of the molecule is CN(C)c1ccc(CO[Si](C)(C)c2ccccc2)cc1. The molecule has 20 heavy (non-hydrogen) atoms. The lowest BCUT2D eigenvalue weighted by atomic mass is 10.2. The van der Waals surface area contributed by atoms with Crippen molar-refractivity contribution in [2.24, 2.45) is 0 Å². The Morgan fingerprint density at radius 1 is 0.900 bits per heavy atom. The highest BCUT2D eigenvalue weighted by molar-refractivity contribution is 6.84. The van der Waals surface area contributed by atoms with E-state index in [4.69, 9.17) is 4.43 Å². The molecule has 0 fully saturated rings. The van der Waals surface area contributed by atoms with Crippen LogP contribution in [0.2, 0.25) is 13.1 Å². The molecule has 0 atom stereocenters. The lowest BCUT2D eigenvalue weighted by Gasteiger charge is -2.23. The number of rotatable bonds is 5. The number of anilines is 1. The third kappa shape index (κ3) is 3.71. The number of nitrogens with zero attached hydrogens (tertiary/aromatic N) is 1. The zero-order valence-electron chi connectivity index (χ0n) is 12.8. The molecule has 0 aliphatic carbocycles. The van der Waals surface area contributed by atoms with E-state index < -0.39 is 8.32 Å². The Balaban J connectivity index is 2.01. The van der Waals surface area contributed by atoms with Crippen LogP contribution in [0.3, 0.4) is 0 Å². The van der Waals surface area contributed by atoms with Crippen LogP contribution in [0.1, 0.15) is 5.56 Å². The van der Waals surface area contributed by atoms with Gasteiger partial charge in [0.2, 0.25) is 8.32 Å². The van der Waals surface area contributed by atoms with E-state index in [2.05, 4.69) is 80.6 Å². The molecule has 0 amide bonds. The molecule has 0 bridgehead atoms. The molecule has 2 aromatic rings. The molecule has 3 heteroatoms. The maximum atomic E-state index is 6.23. The van der Waals surface area contributed by atoms with Crippen LogP contribution in [-0.2, 0) is 11.0 Å². The maximum absolute atomic E-state index is 6.23. The Kier molecular flexibility index (Phi) is 4.63. The lowest BCUT2D eigenvalue weighted by molar-refractivity contribution is 0.304. The molecule has 0 aromatic heterocycles. The van der Waals surface area contributed by atoms with E-state index in [1.165, 1.54) is 16.4 Å². The third-order valence-electron chi connectivity index (χ3n) is 3.52. The van der Waals surface area contributed by atoms with Crippen LogP contribution in [0.15, 0.2) is 54.6 Å². The molecule has 2 aromatic carbocycles. The van der Waals surface area contributed by atoms with Gasteiger partial charge in [-0.2, -0.15) is 0 Å². The fourth-order valence-corrected chi connectivity index (χ4v) is 3.77. The van der Waals surface area contributed by atoms with Crippen molar-refractivity contribution in [2.75, 3.05) is 19.0 Å². The minimum atomic E-state index is -1.81. The summed E-state index contributed by atoms with van der Waals surface area (Å²) in [5.41, 5.74) is 2.44. The zero-order chi connectivity index (χ0) is 14.6. The standard InChI is InChI=1S/C17H23NOSi/c1-18(2)16-12-10-15(11-13-16)14-19-20(3,4)17-8-6-5-7-9-17/h5-13H,14H2,1-4H3. The average molecular weight is 285 g/mol. The summed E-state index contributed by atoms with van der Waals surface area (Å²) in [4.78, 5) is 2.10. The Morgan fingerprint density at radius 3 is 2.05 bits per heavy atom. The molecule has 0 saturated heterocycles. The number of hydrogen-bond acceptors (Lipinski definition) is 2. The van der Waals surface area contributed by atoms with Gasteiger partial charge < -0.3 is 9.33 Å². The van der Waals surface area contributed by atoms with Crippen molar-refractivity contribution in [1.82, 2.24) is 0 Å². The van der Waals surface area contributed by atoms with Crippen molar-refractivity contribution in [3.63, 3.8) is 0 Å². The molecule has 0 spiro atoms. The van der Waals surface area contributed by atoms with Gasteiger partial charge >= 0.3 is 0 Å². The van der Waals surface area contributed by atoms with Crippen LogP contribution in [0.25, 0.3) is 0 Å². The molecule has 0 unspecified atom stereocenters. The summed E-state index contributed by atoms with van der Waals surface area (Å²) in [6.45, 7) is 5.18. The maximum Gasteiger partial charge on any atom is 0.218 e. The van der Waals surface area contributed by atoms with E-state index in [9.17, 15) is 0 Å². The van der Waals surface area contributed by atoms with Crippen LogP contribution in [0, 0.1) is 0 Å². The Bertz CT molecular complexity index is 535. The van der Waals surface area contributed by atoms with Gasteiger partial charge in [0.25, 0.3) is 0 Å². The second-order valence-electron chi connectivity index (χ2n) is 5.73. The summed E-state index contributed by atoms with van der Waals surface area (Å²) in [5, 5.41) is 1.34. The third-order valence-corrected chi connectivity index (χ3v) is 6.11. The Morgan fingerprint density at radius 2 is 1.50 bits per heavy atom. The van der Waals surface area contributed by atoms with E-state index in [1.54, 1.807) is 0 Å². The van der Waals surface area contributed by atoms with Gasteiger partial charge in [-0.25, -0.2) is 0 Å². The first-order chi connectivity index (χ1) is 9.49. The van der Waals surface area contributed by atoms with Crippen LogP contribution in [0.4, 0.5) is 5.69 Å². The predicted octanol–water partition coefficient (Wildman–Crippen LogP) is 3.38. The van der Waals surface area contributed by atoms with Gasteiger partial charge in [0.15, 0.2) is 0 Å². The minimum absolute atomic E-state index is 0.682. The Hall–Kier alpha value is -1.58. The molecule has 0 saturated carbocycles. The van der Waals surface area contributed by atoms with Crippen molar-refractivity contribution in [2.45, 2.75) is 19.7 Å². The minimum Gasteiger partial charge on any atom is -0.409 e. The van der Waals surface area contributed by atoms with Crippen molar-refractivity contribution in [3.05, 3.63) is 60.2 Å². The van der Waals surface area contributed by atoms with E-state index in [0.717, 1.165) is 0 Å². The fourth-order valence-electron chi connectivity index (χ4n) is 2.08. The topological polar surface area (TPSA) is 12.5 Å². The van der Waals surface area contributed by atoms with Gasteiger partial charge in [-0.15, -0.1) is 0 Å². The summed E-state index contributed by atoms with van der Waals surface area (Å²) >= 11 is 0. The molecule has 0 radical (unpaired) electrons. The van der Waals surface area contributed by atoms with E-state index in [0.29, 0.717) is 6.61 Å². The van der Waals surface area contributed by atoms with Crippen LogP contribution < -0.4 is 10.1 Å². The van der Waals surface area contributed by atoms with Crippen LogP contribution >= 0.6 is 0 Å². The van der Waals surface area contributed by atoms with Gasteiger partial charge in [-0.1, -0.05) is 42.5 Å². The number of benzene rings is 2. The molecule has 0 aliphatic rings. The molecule has 0 aliphatic heterocycles. The normalized spacial score (nSPS) is 11.4. The first kappa shape index (κ1) is 14.8. The summed E-state index contributed by atoms with van der Waals surface area (Å²) in [7, 11) is 2.30. The summed E-state index contributed by atoms with van der Waals surface area (Å²) in [6.07, 6.45) is 0. The monoisotopic (exact) mass is 285 g/mol. The summed E-state index contributed by atoms with van der Waals surface area (Å²) in [5.74, 6) is 0. The average Bonchev–Trinajstić information content (AvgIpc) is 2.46. The predicted molar refractivity (Wildman–Crippen MR) is 89.1 cm³/mol. The highest BCUT2D eigenvalue weighted by atomic mass is 28.4. The van der Waals surface area contributed by atoms with E-state index in [-0.39, 0.29) is 0 Å². The largest absolute Gasteiger partial charge is 0.409 e.